The number of aliphatic hydroxyl groups is 2. The number of rotatable bonds is 29. The number of carbonyl (C=O) groups excluding carboxylic acids is 15. The largest absolute Gasteiger partial charge is 0.480 e. The highest BCUT2D eigenvalue weighted by Gasteiger charge is 2.78. The number of carboxylic acid groups (broad SMARTS) is 1. The summed E-state index contributed by atoms with van der Waals surface area (Å²) in [6.45, 7) is 13.3. The van der Waals surface area contributed by atoms with Crippen molar-refractivity contribution in [2.24, 2.45) is 74.9 Å². The number of imide groups is 3. The van der Waals surface area contributed by atoms with Gasteiger partial charge in [0.1, 0.15) is 32.1 Å². The topological polar surface area (TPSA) is 553 Å². The van der Waals surface area contributed by atoms with Crippen LogP contribution in [0.15, 0.2) is 169 Å². The minimum Gasteiger partial charge on any atom is -0.480 e. The molecule has 9 amide bonds. The van der Waals surface area contributed by atoms with Crippen LogP contribution < -0.4 is 21.3 Å². The summed E-state index contributed by atoms with van der Waals surface area (Å²) < 4.78 is 101. The highest BCUT2D eigenvalue weighted by Crippen LogP contribution is 2.73. The van der Waals surface area contributed by atoms with Gasteiger partial charge in [-0.25, -0.2) is 8.37 Å². The Labute approximate surface area is 808 Å². The SMILES string of the molecule is CC(C)C(=O)C[C@@H](C)C(=O)Nc1cccc(Cc2ccc([C@@H]3O[C@@H]4C[C@H]5[C@@H]6CCC7=CC(=O)C=C[C@]7(C)[C@H]6[C@@H](O)C[C@]5(C)[C@]4(C(=O)COS(=O)(=O)O)O3)cc2)c1.C[C@H](CC(=O)[C@H](C)NC(=O)CN1C(=O)C=CC1=O)C(=O)Nc1cccc(Cc2ccc([C@@H]3O[C@@H]4C[C@H]5[C@@H]6CCC7=CC(=O)C=C[C@]7(C)[C@H]6[C@@H](O)C[C@]5(C)[C@]4(C(=O)COS(=O)(=O)O)O3)cc2)c1.O=C(O)CN1C(=O)C=CC1=O.O=C1CCC(=O)N1. The van der Waals surface area contributed by atoms with Crippen molar-refractivity contribution in [2.45, 2.75) is 206 Å². The number of ketones is 6. The summed E-state index contributed by atoms with van der Waals surface area (Å²) in [5.41, 5.74) is 1.49. The van der Waals surface area contributed by atoms with Crippen molar-refractivity contribution >= 4 is 126 Å². The number of carboxylic acids is 1. The Bertz CT molecular complexity index is 6110. The first-order valence-corrected chi connectivity index (χ1v) is 49.2. The predicted molar refractivity (Wildman–Crippen MR) is 495 cm³/mol. The molecule has 140 heavy (non-hydrogen) atoms. The van der Waals surface area contributed by atoms with E-state index in [4.69, 9.17) is 24.1 Å². The van der Waals surface area contributed by atoms with E-state index in [0.29, 0.717) is 91.6 Å². The zero-order chi connectivity index (χ0) is 102. The van der Waals surface area contributed by atoms with E-state index in [1.54, 1.807) is 56.4 Å². The molecule has 4 aromatic rings. The lowest BCUT2D eigenvalue weighted by Gasteiger charge is -2.59. The lowest BCUT2D eigenvalue weighted by Crippen LogP contribution is -2.63. The molecule has 8 aliphatic carbocycles. The van der Waals surface area contributed by atoms with Gasteiger partial charge in [-0.15, -0.1) is 0 Å². The van der Waals surface area contributed by atoms with E-state index < -0.39 is 194 Å². The molecule has 0 radical (unpaired) electrons. The van der Waals surface area contributed by atoms with Crippen LogP contribution in [-0.2, 0) is 138 Å². The van der Waals surface area contributed by atoms with Crippen LogP contribution in [0.5, 0.6) is 0 Å². The first-order chi connectivity index (χ1) is 65.8. The second kappa shape index (κ2) is 41.0. The standard InChI is InChI=1S/C48H53N3O14S.C43H51NO11S.C6H5NO4.C4H5NO2/c1-26(18-36(53)27(2)49-40(56)24-51-41(57)14-15-42(51)58)44(59)50-32-7-5-6-29(20-32)19-28-8-10-30(11-9-28)45-64-39-22-35-34-13-12-31-21-33(52)16-17-46(31,3)43(34)37(54)23-47(35,4)48(39,65-45)38(55)25-63-66(60,61)62;1-24(2)34(46)17-25(3)39(49)44-30-8-6-7-27(19-30)18-26-9-11-28(12-10-26)40-54-37-21-33-32-14-13-29-20-31(45)15-16-41(29,4)38(32)35(47)22-42(33,5)43(37,55-40)36(48)23-53-56(50,51)52;8-4-1-2-5(9)7(4)3-6(10)11;6-3-1-2-4(7)5-3/h5-11,14-17,20-21,26-27,34-35,37,39,43,45,54H,12-13,18-19,22-25H2,1-4H3,(H,49,56)(H,50,59)(H,60,61,62);6-12,15-16,19-20,24-25,32-33,35,37-38,40,47H,13-14,17-18,21-23H2,1-5H3,(H,44,49)(H,50,51,52);1-2H,3H2,(H,10,11);1-2H2,(H,5,6,7)/t26-,27+,34+,35+,37+,39-,43-,45-,46+,47+,48-;25-,32+,33+,35+,37-,38-,40-,41+,42+,43-;;/m11../s1. The van der Waals surface area contributed by atoms with Crippen molar-refractivity contribution in [2.75, 3.05) is 36.9 Å². The van der Waals surface area contributed by atoms with Gasteiger partial charge in [0.2, 0.25) is 29.5 Å². The number of allylic oxidation sites excluding steroid dienone is 8. The van der Waals surface area contributed by atoms with Crippen molar-refractivity contribution in [1.82, 2.24) is 20.4 Å². The Morgan fingerprint density at radius 2 is 0.893 bits per heavy atom. The highest BCUT2D eigenvalue weighted by atomic mass is 32.3. The molecule has 6 saturated carbocycles. The number of aliphatic carboxylic acids is 1. The first kappa shape index (κ1) is 104. The van der Waals surface area contributed by atoms with Gasteiger partial charge in [0, 0.05) is 124 Å². The Kier molecular flexibility index (Phi) is 30.4. The summed E-state index contributed by atoms with van der Waals surface area (Å²) in [5, 5.41) is 42.6. The number of hydrogen-bond donors (Lipinski definition) is 9. The molecule has 21 atom stereocenters. The minimum atomic E-state index is -4.98. The number of amides is 9. The van der Waals surface area contributed by atoms with Crippen molar-refractivity contribution in [3.63, 3.8) is 0 Å². The van der Waals surface area contributed by atoms with Gasteiger partial charge in [0.25, 0.3) is 23.6 Å². The lowest BCUT2D eigenvalue weighted by atomic mass is 9.46. The lowest BCUT2D eigenvalue weighted by molar-refractivity contribution is -0.200. The molecule has 9 fully saturated rings. The van der Waals surface area contributed by atoms with Crippen molar-refractivity contribution in [1.29, 1.82) is 0 Å². The van der Waals surface area contributed by atoms with Crippen LogP contribution in [0.2, 0.25) is 0 Å². The second-order valence-corrected chi connectivity index (χ2v) is 41.8. The molecule has 5 aliphatic heterocycles. The molecular weight excluding hydrogens is 1860 g/mol. The molecule has 3 saturated heterocycles. The Morgan fingerprint density at radius 1 is 0.507 bits per heavy atom. The van der Waals surface area contributed by atoms with Gasteiger partial charge in [-0.1, -0.05) is 151 Å². The van der Waals surface area contributed by atoms with Crippen LogP contribution in [0, 0.1) is 74.9 Å². The van der Waals surface area contributed by atoms with Crippen LogP contribution in [0.4, 0.5) is 11.4 Å². The van der Waals surface area contributed by atoms with Gasteiger partial charge in [-0.2, -0.15) is 16.8 Å². The third kappa shape index (κ3) is 21.5. The number of anilines is 2. The fourth-order valence-corrected chi connectivity index (χ4v) is 24.1. The van der Waals surface area contributed by atoms with Gasteiger partial charge in [-0.05, 0) is 166 Å². The van der Waals surface area contributed by atoms with Crippen molar-refractivity contribution in [3.8, 4) is 0 Å². The number of Topliss-reactive ketones (excluding diaryl/α,β-unsaturated/α-hetero) is 4. The van der Waals surface area contributed by atoms with Crippen LogP contribution >= 0.6 is 0 Å². The third-order valence-electron chi connectivity index (χ3n) is 30.4. The molecule has 13 aliphatic rings. The van der Waals surface area contributed by atoms with E-state index in [2.05, 4.69) is 36.6 Å². The third-order valence-corrected chi connectivity index (χ3v) is 31.2. The molecule has 5 heterocycles. The maximum absolute atomic E-state index is 14.4. The van der Waals surface area contributed by atoms with Gasteiger partial charge in [-0.3, -0.25) is 101 Å². The number of nitrogens with one attached hydrogen (secondary N) is 4. The fraction of sp³-hybridized carbons (Fsp3) is 0.485. The molecular formula is C101H114N6O31S2. The number of benzene rings is 4. The number of aliphatic hydroxyl groups excluding tert-OH is 2. The fourth-order valence-electron chi connectivity index (χ4n) is 23.5. The maximum Gasteiger partial charge on any atom is 0.397 e. The Balaban J connectivity index is 0.000000190. The maximum atomic E-state index is 14.4. The number of ether oxygens (including phenoxy) is 4. The molecule has 4 aromatic carbocycles. The average Bonchev–Trinajstić information content (AvgIpc) is 1.52. The molecule has 746 valence electrons. The molecule has 9 N–H and O–H groups in total. The highest BCUT2D eigenvalue weighted by molar-refractivity contribution is 7.81. The smallest absolute Gasteiger partial charge is 0.397 e. The monoisotopic (exact) mass is 1970 g/mol. The molecule has 17 rings (SSSR count). The van der Waals surface area contributed by atoms with E-state index in [1.165, 1.54) is 6.92 Å². The number of carbonyl (C=O) groups is 16. The first-order valence-electron chi connectivity index (χ1n) is 46.5. The summed E-state index contributed by atoms with van der Waals surface area (Å²) in [6, 6.07) is 28.7. The Hall–Kier alpha value is -11.9. The molecule has 0 spiro atoms. The van der Waals surface area contributed by atoms with E-state index >= 15 is 0 Å². The summed E-state index contributed by atoms with van der Waals surface area (Å²) in [5.74, 6) is -9.36. The van der Waals surface area contributed by atoms with Crippen LogP contribution in [-0.4, -0.2) is 213 Å². The van der Waals surface area contributed by atoms with E-state index in [-0.39, 0.29) is 102 Å². The molecule has 39 heteroatoms. The van der Waals surface area contributed by atoms with E-state index in [0.717, 1.165) is 62.6 Å². The normalized spacial score (nSPS) is 30.8. The Morgan fingerprint density at radius 3 is 1.26 bits per heavy atom. The van der Waals surface area contributed by atoms with Gasteiger partial charge in [0.05, 0.1) is 30.5 Å². The zero-order valence-corrected chi connectivity index (χ0v) is 80.2. The number of fused-ring (bicyclic) bond motifs is 14. The van der Waals surface area contributed by atoms with Crippen LogP contribution in [0.25, 0.3) is 0 Å². The summed E-state index contributed by atoms with van der Waals surface area (Å²) in [7, 11) is -9.92. The van der Waals surface area contributed by atoms with Crippen LogP contribution in [0.3, 0.4) is 0 Å². The molecule has 0 unspecified atom stereocenters. The average molecular weight is 1970 g/mol. The predicted octanol–water partition coefficient (Wildman–Crippen LogP) is 7.99. The molecule has 0 aromatic heterocycles. The molecule has 0 bridgehead atoms. The summed E-state index contributed by atoms with van der Waals surface area (Å²) in [4.78, 5) is 193. The summed E-state index contributed by atoms with van der Waals surface area (Å²) >= 11 is 0. The van der Waals surface area contributed by atoms with Crippen LogP contribution in [0.1, 0.15) is 185 Å². The summed E-state index contributed by atoms with van der Waals surface area (Å²) in [6.07, 6.45) is 14.6. The quantitative estimate of drug-likeness (QED) is 0.0184. The van der Waals surface area contributed by atoms with Gasteiger partial charge < -0.3 is 50.2 Å². The number of nitrogens with zero attached hydrogens (tertiary/aromatic N) is 2. The van der Waals surface area contributed by atoms with Crippen molar-refractivity contribution < 1.29 is 145 Å². The van der Waals surface area contributed by atoms with E-state index in [1.807, 2.05) is 126 Å². The minimum absolute atomic E-state index is 0.0429. The van der Waals surface area contributed by atoms with Crippen molar-refractivity contribution in [3.05, 3.63) is 202 Å². The second-order valence-electron chi connectivity index (χ2n) is 39.6. The zero-order valence-electron chi connectivity index (χ0n) is 78.5. The number of hydrogen-bond acceptors (Lipinski definition) is 28. The molecule has 37 nitrogen and oxygen atoms in total. The van der Waals surface area contributed by atoms with Gasteiger partial charge in [0.15, 0.2) is 52.7 Å². The van der Waals surface area contributed by atoms with Gasteiger partial charge >= 0.3 is 26.8 Å². The van der Waals surface area contributed by atoms with E-state index in [9.17, 15) is 113 Å².